The lowest BCUT2D eigenvalue weighted by Crippen LogP contribution is -2.26. The molecule has 1 aromatic rings. The van der Waals surface area contributed by atoms with Gasteiger partial charge in [0.25, 0.3) is 0 Å². The molecule has 1 unspecified atom stereocenters. The molecule has 1 aliphatic heterocycles. The smallest absolute Gasteiger partial charge is 0.337 e. The van der Waals surface area contributed by atoms with Gasteiger partial charge in [-0.3, -0.25) is 4.79 Å². The summed E-state index contributed by atoms with van der Waals surface area (Å²) in [5.74, 6) is 1.59. The fourth-order valence-corrected chi connectivity index (χ4v) is 2.09. The van der Waals surface area contributed by atoms with Crippen LogP contribution in [0.25, 0.3) is 0 Å². The molecule has 1 N–H and O–H groups in total. The number of carbonyl (C=O) groups is 2. The predicted octanol–water partition coefficient (Wildman–Crippen LogP) is 1.38. The van der Waals surface area contributed by atoms with Crippen molar-refractivity contribution in [1.29, 1.82) is 0 Å². The van der Waals surface area contributed by atoms with Gasteiger partial charge in [-0.1, -0.05) is 0 Å². The van der Waals surface area contributed by atoms with Gasteiger partial charge in [0.2, 0.25) is 5.91 Å². The second-order valence-corrected chi connectivity index (χ2v) is 4.26. The summed E-state index contributed by atoms with van der Waals surface area (Å²) in [4.78, 5) is 24.5. The number of carbonyl (C=O) groups excluding carboxylic acids is 1. The molecule has 0 aliphatic carbocycles. The van der Waals surface area contributed by atoms with Crippen molar-refractivity contribution in [3.8, 4) is 18.1 Å². The average Bonchev–Trinajstić information content (AvgIpc) is 2.79. The number of ether oxygens (including phenoxy) is 1. The summed E-state index contributed by atoms with van der Waals surface area (Å²) in [6.07, 6.45) is 5.56. The van der Waals surface area contributed by atoms with E-state index >= 15 is 0 Å². The highest BCUT2D eigenvalue weighted by molar-refractivity contribution is 6.03. The zero-order chi connectivity index (χ0) is 14.0. The highest BCUT2D eigenvalue weighted by Gasteiger charge is 2.32. The normalized spacial score (nSPS) is 18.2. The molecule has 1 heterocycles. The first-order valence-electron chi connectivity index (χ1n) is 5.74. The zero-order valence-electron chi connectivity index (χ0n) is 10.4. The lowest BCUT2D eigenvalue weighted by Gasteiger charge is -2.19. The summed E-state index contributed by atoms with van der Waals surface area (Å²) in [5.41, 5.74) is 0.390. The summed E-state index contributed by atoms with van der Waals surface area (Å²) < 4.78 is 5.07. The first kappa shape index (κ1) is 13.0. The molecule has 5 heteroatoms. The first-order chi connectivity index (χ1) is 9.06. The lowest BCUT2D eigenvalue weighted by molar-refractivity contribution is -0.117. The second-order valence-electron chi connectivity index (χ2n) is 4.26. The van der Waals surface area contributed by atoms with E-state index in [9.17, 15) is 14.7 Å². The maximum Gasteiger partial charge on any atom is 0.337 e. The molecule has 98 valence electrons. The SMILES string of the molecule is C#CC1CC(=O)N(c2cc(OC)ccc2C(=O)O)C1. The molecule has 19 heavy (non-hydrogen) atoms. The molecule has 1 aromatic carbocycles. The Morgan fingerprint density at radius 3 is 2.84 bits per heavy atom. The number of anilines is 1. The van der Waals surface area contributed by atoms with Crippen LogP contribution in [0.3, 0.4) is 0 Å². The van der Waals surface area contributed by atoms with Crippen LogP contribution in [0.5, 0.6) is 5.75 Å². The van der Waals surface area contributed by atoms with E-state index in [0.717, 1.165) is 0 Å². The Hall–Kier alpha value is -2.48. The molecule has 1 saturated heterocycles. The third-order valence-corrected chi connectivity index (χ3v) is 3.09. The molecular formula is C14H13NO4. The van der Waals surface area contributed by atoms with Crippen molar-refractivity contribution in [3.05, 3.63) is 23.8 Å². The van der Waals surface area contributed by atoms with E-state index in [2.05, 4.69) is 5.92 Å². The molecule has 1 aliphatic rings. The second kappa shape index (κ2) is 5.02. The van der Waals surface area contributed by atoms with Crippen molar-refractivity contribution in [1.82, 2.24) is 0 Å². The van der Waals surface area contributed by atoms with Gasteiger partial charge < -0.3 is 14.7 Å². The van der Waals surface area contributed by atoms with Crippen LogP contribution in [0, 0.1) is 18.3 Å². The molecule has 0 radical (unpaired) electrons. The van der Waals surface area contributed by atoms with Crippen molar-refractivity contribution in [3.63, 3.8) is 0 Å². The molecule has 0 spiro atoms. The molecule has 2 rings (SSSR count). The van der Waals surface area contributed by atoms with E-state index in [0.29, 0.717) is 18.0 Å². The number of carboxylic acid groups (broad SMARTS) is 1. The zero-order valence-corrected chi connectivity index (χ0v) is 10.4. The Balaban J connectivity index is 2.45. The van der Waals surface area contributed by atoms with Gasteiger partial charge in [-0.05, 0) is 12.1 Å². The number of amides is 1. The highest BCUT2D eigenvalue weighted by atomic mass is 16.5. The third-order valence-electron chi connectivity index (χ3n) is 3.09. The largest absolute Gasteiger partial charge is 0.497 e. The molecule has 0 bridgehead atoms. The van der Waals surface area contributed by atoms with Gasteiger partial charge in [0.15, 0.2) is 0 Å². The van der Waals surface area contributed by atoms with Gasteiger partial charge in [-0.2, -0.15) is 0 Å². The van der Waals surface area contributed by atoms with Crippen LogP contribution in [0.15, 0.2) is 18.2 Å². The first-order valence-corrected chi connectivity index (χ1v) is 5.74. The molecule has 5 nitrogen and oxygen atoms in total. The molecule has 0 aromatic heterocycles. The highest BCUT2D eigenvalue weighted by Crippen LogP contribution is 2.31. The van der Waals surface area contributed by atoms with E-state index in [1.807, 2.05) is 0 Å². The minimum absolute atomic E-state index is 0.0619. The minimum atomic E-state index is -1.09. The summed E-state index contributed by atoms with van der Waals surface area (Å²) in [5, 5.41) is 9.18. The van der Waals surface area contributed by atoms with E-state index in [1.165, 1.54) is 18.1 Å². The number of carboxylic acids is 1. The predicted molar refractivity (Wildman–Crippen MR) is 69.2 cm³/mol. The van der Waals surface area contributed by atoms with Crippen molar-refractivity contribution in [2.75, 3.05) is 18.6 Å². The number of methoxy groups -OCH3 is 1. The Labute approximate surface area is 110 Å². The summed E-state index contributed by atoms with van der Waals surface area (Å²) in [6.45, 7) is 0.336. The molecule has 0 saturated carbocycles. The van der Waals surface area contributed by atoms with Crippen LogP contribution >= 0.6 is 0 Å². The standard InChI is InChI=1S/C14H13NO4/c1-3-9-6-13(16)15(8-9)12-7-10(19-2)4-5-11(12)14(17)18/h1,4-5,7,9H,6,8H2,2H3,(H,17,18). The molecule has 1 amide bonds. The van der Waals surface area contributed by atoms with Gasteiger partial charge in [0.1, 0.15) is 5.75 Å². The van der Waals surface area contributed by atoms with E-state index < -0.39 is 5.97 Å². The van der Waals surface area contributed by atoms with Crippen LogP contribution in [0.1, 0.15) is 16.8 Å². The number of hydrogen-bond acceptors (Lipinski definition) is 3. The van der Waals surface area contributed by atoms with Crippen LogP contribution < -0.4 is 9.64 Å². The van der Waals surface area contributed by atoms with E-state index in [-0.39, 0.29) is 23.8 Å². The van der Waals surface area contributed by atoms with E-state index in [1.54, 1.807) is 12.1 Å². The van der Waals surface area contributed by atoms with Gasteiger partial charge in [0.05, 0.1) is 18.4 Å². The fourth-order valence-electron chi connectivity index (χ4n) is 2.09. The molecule has 1 atom stereocenters. The quantitative estimate of drug-likeness (QED) is 0.833. The number of nitrogens with zero attached hydrogens (tertiary/aromatic N) is 1. The third kappa shape index (κ3) is 2.38. The molecule has 1 fully saturated rings. The Kier molecular flexibility index (Phi) is 3.43. The Morgan fingerprint density at radius 1 is 1.58 bits per heavy atom. The summed E-state index contributed by atoms with van der Waals surface area (Å²) >= 11 is 0. The average molecular weight is 259 g/mol. The topological polar surface area (TPSA) is 66.8 Å². The Morgan fingerprint density at radius 2 is 2.32 bits per heavy atom. The van der Waals surface area contributed by atoms with Crippen LogP contribution in [0.4, 0.5) is 5.69 Å². The van der Waals surface area contributed by atoms with Gasteiger partial charge in [-0.25, -0.2) is 4.79 Å². The van der Waals surface area contributed by atoms with Crippen LogP contribution in [0.2, 0.25) is 0 Å². The number of benzene rings is 1. The fraction of sp³-hybridized carbons (Fsp3) is 0.286. The monoisotopic (exact) mass is 259 g/mol. The number of hydrogen-bond donors (Lipinski definition) is 1. The lowest BCUT2D eigenvalue weighted by atomic mass is 10.1. The number of rotatable bonds is 3. The summed E-state index contributed by atoms with van der Waals surface area (Å²) in [6, 6.07) is 4.51. The number of aromatic carboxylic acids is 1. The van der Waals surface area contributed by atoms with Crippen LogP contribution in [-0.4, -0.2) is 30.6 Å². The van der Waals surface area contributed by atoms with Crippen LogP contribution in [-0.2, 0) is 4.79 Å². The van der Waals surface area contributed by atoms with E-state index in [4.69, 9.17) is 11.2 Å². The van der Waals surface area contributed by atoms with Crippen molar-refractivity contribution in [2.24, 2.45) is 5.92 Å². The van der Waals surface area contributed by atoms with Gasteiger partial charge in [-0.15, -0.1) is 12.3 Å². The van der Waals surface area contributed by atoms with Crippen molar-refractivity contribution in [2.45, 2.75) is 6.42 Å². The maximum atomic E-state index is 11.9. The van der Waals surface area contributed by atoms with Gasteiger partial charge in [0, 0.05) is 24.9 Å². The minimum Gasteiger partial charge on any atom is -0.497 e. The van der Waals surface area contributed by atoms with Crippen molar-refractivity contribution < 1.29 is 19.4 Å². The summed E-state index contributed by atoms with van der Waals surface area (Å²) in [7, 11) is 1.48. The molecular weight excluding hydrogens is 246 g/mol. The Bertz CT molecular complexity index is 573. The van der Waals surface area contributed by atoms with Gasteiger partial charge >= 0.3 is 5.97 Å². The number of terminal acetylenes is 1. The maximum absolute atomic E-state index is 11.9. The van der Waals surface area contributed by atoms with Crippen molar-refractivity contribution >= 4 is 17.6 Å².